The van der Waals surface area contributed by atoms with Gasteiger partial charge in [0.1, 0.15) is 5.82 Å². The van der Waals surface area contributed by atoms with Crippen LogP contribution in [0.15, 0.2) is 12.3 Å². The van der Waals surface area contributed by atoms with E-state index in [1.165, 1.54) is 0 Å². The van der Waals surface area contributed by atoms with Crippen LogP contribution < -0.4 is 15.5 Å². The van der Waals surface area contributed by atoms with Crippen molar-refractivity contribution in [3.8, 4) is 0 Å². The first-order chi connectivity index (χ1) is 13.2. The first kappa shape index (κ1) is 19.3. The minimum atomic E-state index is 0.504. The van der Waals surface area contributed by atoms with E-state index < -0.39 is 0 Å². The van der Waals surface area contributed by atoms with Gasteiger partial charge in [0.15, 0.2) is 0 Å². The fourth-order valence-electron chi connectivity index (χ4n) is 2.91. The van der Waals surface area contributed by atoms with Crippen molar-refractivity contribution in [1.82, 2.24) is 29.6 Å². The zero-order chi connectivity index (χ0) is 19.1. The summed E-state index contributed by atoms with van der Waals surface area (Å²) in [5.41, 5.74) is 0. The van der Waals surface area contributed by atoms with Gasteiger partial charge in [-0.3, -0.25) is 9.58 Å². The maximum absolute atomic E-state index is 5.39. The van der Waals surface area contributed by atoms with Gasteiger partial charge in [-0.25, -0.2) is 0 Å². The van der Waals surface area contributed by atoms with E-state index in [0.717, 1.165) is 58.3 Å². The van der Waals surface area contributed by atoms with Crippen LogP contribution in [0.4, 0.5) is 23.7 Å². The highest BCUT2D eigenvalue weighted by Crippen LogP contribution is 2.17. The number of hydrogen-bond donors (Lipinski definition) is 2. The van der Waals surface area contributed by atoms with Gasteiger partial charge < -0.3 is 20.3 Å². The molecule has 2 N–H and O–H groups in total. The largest absolute Gasteiger partial charge is 0.379 e. The van der Waals surface area contributed by atoms with Gasteiger partial charge in [-0.15, -0.1) is 0 Å². The Hall–Kier alpha value is -2.46. The zero-order valence-electron chi connectivity index (χ0n) is 16.4. The van der Waals surface area contributed by atoms with Crippen molar-refractivity contribution < 1.29 is 4.74 Å². The molecule has 0 saturated carbocycles. The lowest BCUT2D eigenvalue weighted by Crippen LogP contribution is -2.39. The van der Waals surface area contributed by atoms with Gasteiger partial charge in [-0.05, 0) is 13.8 Å². The fourth-order valence-corrected chi connectivity index (χ4v) is 2.91. The summed E-state index contributed by atoms with van der Waals surface area (Å²) in [5, 5.41) is 10.7. The molecule has 1 fully saturated rings. The Morgan fingerprint density at radius 2 is 1.85 bits per heavy atom. The molecule has 10 heteroatoms. The predicted molar refractivity (Wildman–Crippen MR) is 106 cm³/mol. The third kappa shape index (κ3) is 5.27. The third-order valence-electron chi connectivity index (χ3n) is 4.55. The molecule has 0 spiro atoms. The summed E-state index contributed by atoms with van der Waals surface area (Å²) in [6.07, 6.45) is 1.73. The van der Waals surface area contributed by atoms with Crippen molar-refractivity contribution in [2.24, 2.45) is 7.05 Å². The highest BCUT2D eigenvalue weighted by Gasteiger charge is 2.13. The summed E-state index contributed by atoms with van der Waals surface area (Å²) in [6.45, 7) is 11.1. The Bertz CT molecular complexity index is 710. The van der Waals surface area contributed by atoms with Crippen molar-refractivity contribution in [2.75, 3.05) is 68.0 Å². The highest BCUT2D eigenvalue weighted by atomic mass is 16.5. The van der Waals surface area contributed by atoms with Crippen LogP contribution in [-0.4, -0.2) is 82.1 Å². The highest BCUT2D eigenvalue weighted by molar-refractivity contribution is 5.52. The van der Waals surface area contributed by atoms with Crippen molar-refractivity contribution in [3.63, 3.8) is 0 Å². The molecule has 0 amide bonds. The van der Waals surface area contributed by atoms with Crippen LogP contribution in [0.5, 0.6) is 0 Å². The summed E-state index contributed by atoms with van der Waals surface area (Å²) in [4.78, 5) is 18.2. The number of nitrogens with one attached hydrogen (secondary N) is 2. The van der Waals surface area contributed by atoms with Crippen LogP contribution in [-0.2, 0) is 11.8 Å². The van der Waals surface area contributed by atoms with E-state index in [1.54, 1.807) is 10.9 Å². The molecule has 0 bridgehead atoms. The van der Waals surface area contributed by atoms with E-state index in [0.29, 0.717) is 17.8 Å². The number of aryl methyl sites for hydroxylation is 1. The van der Waals surface area contributed by atoms with Crippen molar-refractivity contribution >= 4 is 23.7 Å². The minimum absolute atomic E-state index is 0.504. The second kappa shape index (κ2) is 9.47. The van der Waals surface area contributed by atoms with E-state index in [1.807, 2.05) is 13.1 Å². The Morgan fingerprint density at radius 3 is 2.52 bits per heavy atom. The van der Waals surface area contributed by atoms with Gasteiger partial charge in [0.2, 0.25) is 17.8 Å². The summed E-state index contributed by atoms with van der Waals surface area (Å²) in [7, 11) is 1.87. The second-order valence-electron chi connectivity index (χ2n) is 6.30. The van der Waals surface area contributed by atoms with Crippen LogP contribution in [0.2, 0.25) is 0 Å². The van der Waals surface area contributed by atoms with Crippen molar-refractivity contribution in [1.29, 1.82) is 0 Å². The molecule has 0 radical (unpaired) electrons. The molecule has 0 unspecified atom stereocenters. The van der Waals surface area contributed by atoms with Crippen LogP contribution in [0.1, 0.15) is 13.8 Å². The second-order valence-corrected chi connectivity index (χ2v) is 6.30. The topological polar surface area (TPSA) is 96.3 Å². The van der Waals surface area contributed by atoms with Crippen LogP contribution in [0.25, 0.3) is 0 Å². The maximum atomic E-state index is 5.39. The number of hydrogen-bond acceptors (Lipinski definition) is 9. The molecule has 3 heterocycles. The lowest BCUT2D eigenvalue weighted by molar-refractivity contribution is 0.0398. The molecule has 27 heavy (non-hydrogen) atoms. The average Bonchev–Trinajstić information content (AvgIpc) is 3.08. The molecule has 2 aromatic rings. The molecule has 1 aliphatic heterocycles. The number of morpholine rings is 1. The Kier molecular flexibility index (Phi) is 6.77. The summed E-state index contributed by atoms with van der Waals surface area (Å²) in [5.74, 6) is 2.56. The molecule has 148 valence electrons. The van der Waals surface area contributed by atoms with Crippen LogP contribution in [0, 0.1) is 0 Å². The molecule has 10 nitrogen and oxygen atoms in total. The number of ether oxygens (including phenoxy) is 1. The van der Waals surface area contributed by atoms with E-state index in [9.17, 15) is 0 Å². The zero-order valence-corrected chi connectivity index (χ0v) is 16.4. The van der Waals surface area contributed by atoms with Gasteiger partial charge in [0.25, 0.3) is 0 Å². The standard InChI is InChI=1S/C17H29N9O/c1-4-26(5-2)17-22-15(18-8-9-25-10-12-27-13-11-25)21-16(23-17)20-14-6-7-19-24(14)3/h6-7H,4-5,8-13H2,1-3H3,(H2,18,20,21,22,23). The fraction of sp³-hybridized carbons (Fsp3) is 0.647. The number of nitrogens with zero attached hydrogens (tertiary/aromatic N) is 7. The predicted octanol–water partition coefficient (Wildman–Crippen LogP) is 0.939. The smallest absolute Gasteiger partial charge is 0.234 e. The van der Waals surface area contributed by atoms with E-state index in [2.05, 4.69) is 54.3 Å². The number of aromatic nitrogens is 5. The molecule has 3 rings (SSSR count). The van der Waals surface area contributed by atoms with Gasteiger partial charge in [-0.1, -0.05) is 0 Å². The Balaban J connectivity index is 1.71. The number of anilines is 4. The number of rotatable bonds is 9. The van der Waals surface area contributed by atoms with Crippen molar-refractivity contribution in [3.05, 3.63) is 12.3 Å². The monoisotopic (exact) mass is 375 g/mol. The Labute approximate surface area is 159 Å². The first-order valence-electron chi connectivity index (χ1n) is 9.49. The van der Waals surface area contributed by atoms with Crippen molar-refractivity contribution in [2.45, 2.75) is 13.8 Å². The molecule has 0 atom stereocenters. The molecular weight excluding hydrogens is 346 g/mol. The summed E-state index contributed by atoms with van der Waals surface area (Å²) < 4.78 is 7.13. The molecule has 2 aromatic heterocycles. The minimum Gasteiger partial charge on any atom is -0.379 e. The lowest BCUT2D eigenvalue weighted by Gasteiger charge is -2.26. The first-order valence-corrected chi connectivity index (χ1v) is 9.49. The molecule has 0 aromatic carbocycles. The third-order valence-corrected chi connectivity index (χ3v) is 4.55. The quantitative estimate of drug-likeness (QED) is 0.664. The van der Waals surface area contributed by atoms with Gasteiger partial charge >= 0.3 is 0 Å². The average molecular weight is 375 g/mol. The summed E-state index contributed by atoms with van der Waals surface area (Å²) >= 11 is 0. The van der Waals surface area contributed by atoms with E-state index in [-0.39, 0.29) is 0 Å². The van der Waals surface area contributed by atoms with Crippen LogP contribution in [0.3, 0.4) is 0 Å². The lowest BCUT2D eigenvalue weighted by atomic mass is 10.4. The van der Waals surface area contributed by atoms with Crippen LogP contribution >= 0.6 is 0 Å². The molecule has 0 aliphatic carbocycles. The molecule has 1 aliphatic rings. The van der Waals surface area contributed by atoms with Gasteiger partial charge in [-0.2, -0.15) is 20.1 Å². The maximum Gasteiger partial charge on any atom is 0.234 e. The van der Waals surface area contributed by atoms with Gasteiger partial charge in [0, 0.05) is 52.4 Å². The van der Waals surface area contributed by atoms with E-state index >= 15 is 0 Å². The van der Waals surface area contributed by atoms with E-state index in [4.69, 9.17) is 4.74 Å². The summed E-state index contributed by atoms with van der Waals surface area (Å²) in [6, 6.07) is 1.88. The molecule has 1 saturated heterocycles. The van der Waals surface area contributed by atoms with Gasteiger partial charge in [0.05, 0.1) is 19.4 Å². The SMILES string of the molecule is CCN(CC)c1nc(NCCN2CCOCC2)nc(Nc2ccnn2C)n1. The Morgan fingerprint density at radius 1 is 1.11 bits per heavy atom. The molecular formula is C17H29N9O. The normalized spacial score (nSPS) is 14.9.